The standard InChI is InChI=1S/C54H34N2O/c1-3-13-35(14-4-1)36-25-28-39(29-26-36)56-49-23-10-7-17-43(49)45-21-11-20-42(54(45)56)38-27-31-50-46(33-38)44-18-8-9-22-48(44)55(50)40-30-32-51-47(34-40)53-41(19-12-24-52(53)57-51)37-15-5-2-6-16-37/h1-34H/i2D,5D,7D,8D,9D,10D,11D,12D,15D,16D,17D,18D,19D,20D,21D,22D,23D,24D,30D,32D,33D. The molecule has 0 aliphatic rings. The predicted molar refractivity (Wildman–Crippen MR) is 239 cm³/mol. The van der Waals surface area contributed by atoms with Gasteiger partial charge in [0.2, 0.25) is 0 Å². The lowest BCUT2D eigenvalue weighted by Gasteiger charge is -2.13. The maximum atomic E-state index is 10.2. The number of furan rings is 1. The maximum Gasteiger partial charge on any atom is 0.136 e. The van der Waals surface area contributed by atoms with Gasteiger partial charge in [0.05, 0.1) is 50.9 Å². The van der Waals surface area contributed by atoms with Crippen LogP contribution in [0.4, 0.5) is 0 Å². The van der Waals surface area contributed by atoms with E-state index in [1.54, 1.807) is 24.3 Å². The van der Waals surface area contributed by atoms with Crippen molar-refractivity contribution in [3.8, 4) is 44.8 Å². The lowest BCUT2D eigenvalue weighted by Crippen LogP contribution is -1.96. The van der Waals surface area contributed by atoms with Gasteiger partial charge in [0.15, 0.2) is 0 Å². The number of hydrogen-bond donors (Lipinski definition) is 0. The monoisotopic (exact) mass is 747 g/mol. The third-order valence-electron chi connectivity index (χ3n) is 10.2. The molecule has 3 nitrogen and oxygen atoms in total. The molecule has 3 aromatic heterocycles. The minimum atomic E-state index is -0.712. The van der Waals surface area contributed by atoms with Gasteiger partial charge in [0.1, 0.15) is 11.2 Å². The summed E-state index contributed by atoms with van der Waals surface area (Å²) in [5.74, 6) is 0. The highest BCUT2D eigenvalue weighted by molar-refractivity contribution is 6.17. The fraction of sp³-hybridized carbons (Fsp3) is 0. The first-order valence-electron chi connectivity index (χ1n) is 28.3. The van der Waals surface area contributed by atoms with Crippen LogP contribution in [-0.2, 0) is 0 Å². The van der Waals surface area contributed by atoms with Crippen LogP contribution in [-0.4, -0.2) is 9.13 Å². The number of benzene rings is 9. The molecule has 0 spiro atoms. The Morgan fingerprint density at radius 3 is 1.95 bits per heavy atom. The van der Waals surface area contributed by atoms with Crippen LogP contribution in [0.2, 0.25) is 0 Å². The number of hydrogen-bond acceptors (Lipinski definition) is 1. The van der Waals surface area contributed by atoms with E-state index in [1.165, 1.54) is 27.3 Å². The van der Waals surface area contributed by atoms with E-state index in [4.69, 9.17) is 20.9 Å². The molecule has 266 valence electrons. The van der Waals surface area contributed by atoms with E-state index in [9.17, 15) is 12.3 Å². The molecule has 0 aliphatic carbocycles. The summed E-state index contributed by atoms with van der Waals surface area (Å²) in [6, 6.07) is 9.03. The molecule has 9 aromatic carbocycles. The molecule has 0 aliphatic heterocycles. The zero-order valence-electron chi connectivity index (χ0n) is 50.3. The van der Waals surface area contributed by atoms with Crippen molar-refractivity contribution in [2.45, 2.75) is 0 Å². The summed E-state index contributed by atoms with van der Waals surface area (Å²) in [4.78, 5) is 0. The summed E-state index contributed by atoms with van der Waals surface area (Å²) < 4.78 is 199. The maximum absolute atomic E-state index is 10.2. The minimum Gasteiger partial charge on any atom is -0.456 e. The molecular weight excluding hydrogens is 693 g/mol. The molecule has 0 radical (unpaired) electrons. The van der Waals surface area contributed by atoms with Crippen LogP contribution in [0.1, 0.15) is 28.8 Å². The molecular formula is C54H34N2O. The second kappa shape index (κ2) is 12.5. The van der Waals surface area contributed by atoms with E-state index in [0.717, 1.165) is 17.2 Å². The number of rotatable bonds is 5. The van der Waals surface area contributed by atoms with Gasteiger partial charge in [-0.2, -0.15) is 0 Å². The van der Waals surface area contributed by atoms with Crippen molar-refractivity contribution in [3.63, 3.8) is 0 Å². The van der Waals surface area contributed by atoms with E-state index in [-0.39, 0.29) is 93.5 Å². The van der Waals surface area contributed by atoms with Crippen molar-refractivity contribution < 1.29 is 33.2 Å². The van der Waals surface area contributed by atoms with Crippen LogP contribution in [0.3, 0.4) is 0 Å². The molecule has 0 saturated carbocycles. The molecule has 0 bridgehead atoms. The molecule has 0 N–H and O–H groups in total. The minimum absolute atomic E-state index is 0.0313. The van der Waals surface area contributed by atoms with Gasteiger partial charge in [-0.3, -0.25) is 0 Å². The molecule has 0 unspecified atom stereocenters. The van der Waals surface area contributed by atoms with Gasteiger partial charge < -0.3 is 13.6 Å². The van der Waals surface area contributed by atoms with Crippen LogP contribution < -0.4 is 0 Å². The first kappa shape index (κ1) is 17.5. The van der Waals surface area contributed by atoms with Crippen LogP contribution >= 0.6 is 0 Å². The van der Waals surface area contributed by atoms with Gasteiger partial charge in [-0.1, -0.05) is 145 Å². The van der Waals surface area contributed by atoms with Gasteiger partial charge in [-0.05, 0) is 88.3 Å². The van der Waals surface area contributed by atoms with Crippen molar-refractivity contribution in [2.24, 2.45) is 0 Å². The van der Waals surface area contributed by atoms with Gasteiger partial charge in [0, 0.05) is 49.3 Å². The summed E-state index contributed by atoms with van der Waals surface area (Å²) in [7, 11) is 0. The lowest BCUT2D eigenvalue weighted by atomic mass is 9.99. The van der Waals surface area contributed by atoms with E-state index < -0.39 is 127 Å². The molecule has 12 rings (SSSR count). The molecule has 0 amide bonds. The van der Waals surface area contributed by atoms with Crippen LogP contribution in [0.15, 0.2) is 210 Å². The zero-order valence-corrected chi connectivity index (χ0v) is 29.3. The normalized spacial score (nSPS) is 17.0. The van der Waals surface area contributed by atoms with E-state index >= 15 is 0 Å². The summed E-state index contributed by atoms with van der Waals surface area (Å²) in [6.45, 7) is 0. The average molecular weight is 748 g/mol. The van der Waals surface area contributed by atoms with Crippen molar-refractivity contribution >= 4 is 65.6 Å². The van der Waals surface area contributed by atoms with Crippen molar-refractivity contribution in [3.05, 3.63) is 206 Å². The molecule has 12 aromatic rings. The summed E-state index contributed by atoms with van der Waals surface area (Å²) in [6.07, 6.45) is 0. The van der Waals surface area contributed by atoms with E-state index in [0.29, 0.717) is 5.69 Å². The Balaban J connectivity index is 1.22. The summed E-state index contributed by atoms with van der Waals surface area (Å²) in [5, 5.41) is -0.899. The molecule has 3 heteroatoms. The van der Waals surface area contributed by atoms with Crippen molar-refractivity contribution in [1.82, 2.24) is 9.13 Å². The second-order valence-electron chi connectivity index (χ2n) is 13.3. The Hall–Kier alpha value is -7.62. The molecule has 3 heterocycles. The van der Waals surface area contributed by atoms with Gasteiger partial charge in [-0.15, -0.1) is 0 Å². The lowest BCUT2D eigenvalue weighted by molar-refractivity contribution is 0.669. The van der Waals surface area contributed by atoms with Gasteiger partial charge >= 0.3 is 0 Å². The third-order valence-corrected chi connectivity index (χ3v) is 10.2. The Morgan fingerprint density at radius 1 is 0.386 bits per heavy atom. The highest BCUT2D eigenvalue weighted by atomic mass is 16.3. The molecule has 0 saturated heterocycles. The van der Waals surface area contributed by atoms with Crippen molar-refractivity contribution in [1.29, 1.82) is 0 Å². The third kappa shape index (κ3) is 4.86. The number of fused-ring (bicyclic) bond motifs is 9. The second-order valence-corrected chi connectivity index (χ2v) is 13.3. The smallest absolute Gasteiger partial charge is 0.136 e. The quantitative estimate of drug-likeness (QED) is 0.172. The number of aromatic nitrogens is 2. The number of para-hydroxylation sites is 3. The Bertz CT molecular complexity index is 4740. The SMILES string of the molecule is [2H]c1cc([2H])c(-c2c([2H])c([2H])c([2H])c3oc4c([2H])c([2H])c(-n5c6ccc(-c7c([2H])c([2H])c([2H])c8c9c([2H])c([2H])c([2H])c([2H])c9n(-c9ccc(-c%10ccccc%10)cc9)c78)c([2H])c6c6c([2H])c([2H])c([2H])c([2H])c65)cc4c23)c([2H])c1[2H]. The van der Waals surface area contributed by atoms with Gasteiger partial charge in [0.25, 0.3) is 0 Å². The summed E-state index contributed by atoms with van der Waals surface area (Å²) in [5.41, 5.74) is -0.305. The molecule has 57 heavy (non-hydrogen) atoms. The fourth-order valence-electron chi connectivity index (χ4n) is 7.73. The summed E-state index contributed by atoms with van der Waals surface area (Å²) >= 11 is 0. The number of nitrogens with zero attached hydrogens (tertiary/aromatic N) is 2. The van der Waals surface area contributed by atoms with Crippen molar-refractivity contribution in [2.75, 3.05) is 0 Å². The van der Waals surface area contributed by atoms with E-state index in [2.05, 4.69) is 0 Å². The molecule has 0 fully saturated rings. The van der Waals surface area contributed by atoms with Crippen LogP contribution in [0.25, 0.3) is 110 Å². The topological polar surface area (TPSA) is 23.0 Å². The Labute approximate surface area is 358 Å². The predicted octanol–water partition coefficient (Wildman–Crippen LogP) is 14.8. The van der Waals surface area contributed by atoms with Crippen LogP contribution in [0.5, 0.6) is 0 Å². The molecule has 0 atom stereocenters. The zero-order chi connectivity index (χ0) is 55.7. The highest BCUT2D eigenvalue weighted by Gasteiger charge is 2.20. The Kier molecular flexibility index (Phi) is 3.81. The fourth-order valence-corrected chi connectivity index (χ4v) is 7.73. The van der Waals surface area contributed by atoms with Gasteiger partial charge in [-0.25, -0.2) is 0 Å². The highest BCUT2D eigenvalue weighted by Crippen LogP contribution is 2.42. The first-order valence-corrected chi connectivity index (χ1v) is 17.8. The average Bonchev–Trinajstić information content (AvgIpc) is 3.39. The first-order chi connectivity index (χ1) is 37.0. The Morgan fingerprint density at radius 2 is 1.09 bits per heavy atom. The van der Waals surface area contributed by atoms with Crippen LogP contribution in [0, 0.1) is 0 Å². The largest absolute Gasteiger partial charge is 0.456 e. The van der Waals surface area contributed by atoms with E-state index in [1.807, 2.05) is 30.3 Å².